The predicted octanol–water partition coefficient (Wildman–Crippen LogP) is 4.34. The van der Waals surface area contributed by atoms with Crippen molar-refractivity contribution in [2.24, 2.45) is 5.92 Å². The number of carbonyl (C=O) groups excluding carboxylic acids is 1. The minimum Gasteiger partial charge on any atom is -0.326 e. The van der Waals surface area contributed by atoms with Gasteiger partial charge in [0.2, 0.25) is 5.91 Å². The molecule has 0 atom stereocenters. The fourth-order valence-corrected chi connectivity index (χ4v) is 3.15. The summed E-state index contributed by atoms with van der Waals surface area (Å²) in [4.78, 5) is 12.3. The summed E-state index contributed by atoms with van der Waals surface area (Å²) in [6.45, 7) is 6.28. The summed E-state index contributed by atoms with van der Waals surface area (Å²) in [6, 6.07) is 6.05. The fourth-order valence-electron chi connectivity index (χ4n) is 2.97. The monoisotopic (exact) mass is 360 g/mol. The molecule has 0 radical (unpaired) electrons. The first kappa shape index (κ1) is 17.9. The molecule has 1 aromatic heterocycles. The number of anilines is 1. The largest absolute Gasteiger partial charge is 0.326 e. The van der Waals surface area contributed by atoms with Crippen molar-refractivity contribution < 1.29 is 4.79 Å². The summed E-state index contributed by atoms with van der Waals surface area (Å²) >= 11 is 6.10. The van der Waals surface area contributed by atoms with Gasteiger partial charge in [-0.1, -0.05) is 31.5 Å². The molecule has 134 valence electrons. The van der Waals surface area contributed by atoms with Crippen molar-refractivity contribution in [2.75, 3.05) is 5.32 Å². The zero-order valence-electron chi connectivity index (χ0n) is 15.1. The van der Waals surface area contributed by atoms with Crippen LogP contribution in [0.25, 0.3) is 0 Å². The molecule has 1 fully saturated rings. The van der Waals surface area contributed by atoms with Gasteiger partial charge in [-0.05, 0) is 43.4 Å². The third kappa shape index (κ3) is 4.40. The summed E-state index contributed by atoms with van der Waals surface area (Å²) in [5.74, 6) is 2.50. The van der Waals surface area contributed by atoms with Crippen LogP contribution in [0.5, 0.6) is 0 Å². The lowest BCUT2D eigenvalue weighted by Gasteiger charge is -2.11. The number of amides is 1. The molecule has 5 nitrogen and oxygen atoms in total. The van der Waals surface area contributed by atoms with Gasteiger partial charge in [0.1, 0.15) is 11.6 Å². The summed E-state index contributed by atoms with van der Waals surface area (Å²) < 4.78 is 2.26. The Morgan fingerprint density at radius 1 is 1.32 bits per heavy atom. The second-order valence-electron chi connectivity index (χ2n) is 7.19. The molecule has 0 bridgehead atoms. The minimum absolute atomic E-state index is 0.0267. The Balaban J connectivity index is 1.64. The van der Waals surface area contributed by atoms with Crippen LogP contribution in [0, 0.1) is 12.8 Å². The van der Waals surface area contributed by atoms with E-state index in [0.717, 1.165) is 29.3 Å². The Morgan fingerprint density at radius 2 is 2.04 bits per heavy atom. The maximum atomic E-state index is 12.3. The zero-order valence-corrected chi connectivity index (χ0v) is 15.8. The van der Waals surface area contributed by atoms with Gasteiger partial charge in [-0.3, -0.25) is 4.79 Å². The molecule has 2 aromatic rings. The van der Waals surface area contributed by atoms with E-state index >= 15 is 0 Å². The Kier molecular flexibility index (Phi) is 5.42. The molecule has 0 saturated heterocycles. The van der Waals surface area contributed by atoms with Crippen LogP contribution in [0.1, 0.15) is 56.4 Å². The first-order chi connectivity index (χ1) is 12.0. The second-order valence-corrected chi connectivity index (χ2v) is 7.60. The number of benzene rings is 1. The molecule has 1 heterocycles. The molecule has 6 heteroatoms. The highest BCUT2D eigenvalue weighted by Gasteiger charge is 2.29. The number of aryl methyl sites for hydroxylation is 1. The molecule has 0 spiro atoms. The van der Waals surface area contributed by atoms with Crippen LogP contribution >= 0.6 is 11.6 Å². The molecule has 0 aliphatic heterocycles. The quantitative estimate of drug-likeness (QED) is 0.798. The maximum absolute atomic E-state index is 12.3. The number of nitrogens with one attached hydrogen (secondary N) is 1. The first-order valence-corrected chi connectivity index (χ1v) is 9.31. The number of aromatic nitrogens is 3. The standard InChI is InChI=1S/C19H25ClN4O/c1-12(2)11-18-23-22-17(24(18)14-7-8-14)9-10-19(25)21-16-6-4-5-15(20)13(16)3/h4-6,12,14H,7-11H2,1-3H3,(H,21,25). The van der Waals surface area contributed by atoms with E-state index in [1.54, 1.807) is 0 Å². The number of carbonyl (C=O) groups is 1. The number of nitrogens with zero attached hydrogens (tertiary/aromatic N) is 3. The SMILES string of the molecule is Cc1c(Cl)cccc1NC(=O)CCc1nnc(CC(C)C)n1C1CC1. The number of hydrogen-bond donors (Lipinski definition) is 1. The van der Waals surface area contributed by atoms with Crippen molar-refractivity contribution in [3.63, 3.8) is 0 Å². The highest BCUT2D eigenvalue weighted by Crippen LogP contribution is 2.37. The average molecular weight is 361 g/mol. The lowest BCUT2D eigenvalue weighted by molar-refractivity contribution is -0.116. The van der Waals surface area contributed by atoms with Gasteiger partial charge in [-0.2, -0.15) is 0 Å². The summed E-state index contributed by atoms with van der Waals surface area (Å²) in [5, 5.41) is 12.3. The van der Waals surface area contributed by atoms with Crippen LogP contribution in [-0.2, 0) is 17.6 Å². The smallest absolute Gasteiger partial charge is 0.224 e. The zero-order chi connectivity index (χ0) is 18.0. The van der Waals surface area contributed by atoms with E-state index < -0.39 is 0 Å². The molecule has 1 aliphatic rings. The molecule has 1 aromatic carbocycles. The lowest BCUT2D eigenvalue weighted by atomic mass is 10.1. The average Bonchev–Trinajstić information content (AvgIpc) is 3.31. The van der Waals surface area contributed by atoms with E-state index in [0.29, 0.717) is 29.8 Å². The number of rotatable bonds is 7. The third-order valence-electron chi connectivity index (χ3n) is 4.46. The molecule has 3 rings (SSSR count). The topological polar surface area (TPSA) is 59.8 Å². The Bertz CT molecular complexity index is 765. The molecule has 1 aliphatic carbocycles. The van der Waals surface area contributed by atoms with Gasteiger partial charge >= 0.3 is 0 Å². The molecular weight excluding hydrogens is 336 g/mol. The minimum atomic E-state index is -0.0267. The Morgan fingerprint density at radius 3 is 2.72 bits per heavy atom. The van der Waals surface area contributed by atoms with E-state index in [2.05, 4.69) is 33.9 Å². The van der Waals surface area contributed by atoms with E-state index in [-0.39, 0.29) is 5.91 Å². The molecule has 1 N–H and O–H groups in total. The molecular formula is C19H25ClN4O. The molecule has 1 amide bonds. The van der Waals surface area contributed by atoms with Crippen LogP contribution in [0.3, 0.4) is 0 Å². The Labute approximate surface area is 153 Å². The van der Waals surface area contributed by atoms with Crippen molar-refractivity contribution in [3.05, 3.63) is 40.4 Å². The predicted molar refractivity (Wildman–Crippen MR) is 100.0 cm³/mol. The van der Waals surface area contributed by atoms with Crippen molar-refractivity contribution >= 4 is 23.2 Å². The summed E-state index contributed by atoms with van der Waals surface area (Å²) in [5.41, 5.74) is 1.65. The van der Waals surface area contributed by atoms with Crippen molar-refractivity contribution in [1.29, 1.82) is 0 Å². The maximum Gasteiger partial charge on any atom is 0.224 e. The summed E-state index contributed by atoms with van der Waals surface area (Å²) in [7, 11) is 0. The van der Waals surface area contributed by atoms with E-state index in [1.165, 1.54) is 12.8 Å². The van der Waals surface area contributed by atoms with E-state index in [1.807, 2.05) is 25.1 Å². The van der Waals surface area contributed by atoms with Crippen LogP contribution in [0.15, 0.2) is 18.2 Å². The van der Waals surface area contributed by atoms with Gasteiger partial charge in [0.25, 0.3) is 0 Å². The molecule has 25 heavy (non-hydrogen) atoms. The van der Waals surface area contributed by atoms with Gasteiger partial charge in [-0.25, -0.2) is 0 Å². The Hall–Kier alpha value is -1.88. The van der Waals surface area contributed by atoms with Crippen LogP contribution in [0.4, 0.5) is 5.69 Å². The van der Waals surface area contributed by atoms with Gasteiger partial charge in [0.15, 0.2) is 0 Å². The third-order valence-corrected chi connectivity index (χ3v) is 4.87. The van der Waals surface area contributed by atoms with Gasteiger partial charge in [0, 0.05) is 36.0 Å². The highest BCUT2D eigenvalue weighted by atomic mass is 35.5. The van der Waals surface area contributed by atoms with E-state index in [9.17, 15) is 4.79 Å². The highest BCUT2D eigenvalue weighted by molar-refractivity contribution is 6.31. The number of halogens is 1. The van der Waals surface area contributed by atoms with E-state index in [4.69, 9.17) is 11.6 Å². The van der Waals surface area contributed by atoms with Crippen molar-refractivity contribution in [1.82, 2.24) is 14.8 Å². The van der Waals surface area contributed by atoms with Crippen molar-refractivity contribution in [3.8, 4) is 0 Å². The van der Waals surface area contributed by atoms with Gasteiger partial charge < -0.3 is 9.88 Å². The van der Waals surface area contributed by atoms with Crippen LogP contribution < -0.4 is 5.32 Å². The van der Waals surface area contributed by atoms with Crippen LogP contribution in [0.2, 0.25) is 5.02 Å². The van der Waals surface area contributed by atoms with Crippen molar-refractivity contribution in [2.45, 2.75) is 58.9 Å². The first-order valence-electron chi connectivity index (χ1n) is 8.93. The molecule has 1 saturated carbocycles. The number of hydrogen-bond acceptors (Lipinski definition) is 3. The van der Waals surface area contributed by atoms with Crippen LogP contribution in [-0.4, -0.2) is 20.7 Å². The second kappa shape index (κ2) is 7.56. The lowest BCUT2D eigenvalue weighted by Crippen LogP contribution is -2.15. The summed E-state index contributed by atoms with van der Waals surface area (Å²) in [6.07, 6.45) is 4.29. The normalized spacial score (nSPS) is 14.1. The molecule has 0 unspecified atom stereocenters. The van der Waals surface area contributed by atoms with Gasteiger partial charge in [0.05, 0.1) is 0 Å². The van der Waals surface area contributed by atoms with Gasteiger partial charge in [-0.15, -0.1) is 10.2 Å². The fraction of sp³-hybridized carbons (Fsp3) is 0.526.